The summed E-state index contributed by atoms with van der Waals surface area (Å²) in [6, 6.07) is -0.167. The Morgan fingerprint density at radius 3 is 2.85 bits per heavy atom. The molecule has 0 radical (unpaired) electrons. The van der Waals surface area contributed by atoms with Crippen molar-refractivity contribution in [1.29, 1.82) is 0 Å². The van der Waals surface area contributed by atoms with Gasteiger partial charge in [-0.25, -0.2) is 13.1 Å². The highest BCUT2D eigenvalue weighted by Gasteiger charge is 2.28. The van der Waals surface area contributed by atoms with Crippen molar-refractivity contribution in [2.75, 3.05) is 19.8 Å². The van der Waals surface area contributed by atoms with Gasteiger partial charge in [-0.05, 0) is 26.7 Å². The summed E-state index contributed by atoms with van der Waals surface area (Å²) in [4.78, 5) is 0.238. The summed E-state index contributed by atoms with van der Waals surface area (Å²) in [5.41, 5.74) is 1.08. The number of rotatable bonds is 6. The van der Waals surface area contributed by atoms with E-state index in [0.29, 0.717) is 44.0 Å². The predicted molar refractivity (Wildman–Crippen MR) is 72.9 cm³/mol. The van der Waals surface area contributed by atoms with Gasteiger partial charge < -0.3 is 9.84 Å². The first kappa shape index (κ1) is 15.4. The molecule has 2 heterocycles. The number of hydrogen-bond donors (Lipinski definition) is 2. The van der Waals surface area contributed by atoms with Crippen LogP contribution < -0.4 is 4.72 Å². The molecule has 7 nitrogen and oxygen atoms in total. The molecular weight excluding hydrogens is 282 g/mol. The largest absolute Gasteiger partial charge is 0.396 e. The highest BCUT2D eigenvalue weighted by Crippen LogP contribution is 2.20. The molecule has 0 aliphatic carbocycles. The van der Waals surface area contributed by atoms with Crippen LogP contribution in [0.25, 0.3) is 0 Å². The minimum atomic E-state index is -3.59. The summed E-state index contributed by atoms with van der Waals surface area (Å²) in [5.74, 6) is 0. The molecule has 1 unspecified atom stereocenters. The zero-order chi connectivity index (χ0) is 14.8. The van der Waals surface area contributed by atoms with Gasteiger partial charge in [-0.1, -0.05) is 0 Å². The number of nitrogens with zero attached hydrogens (tertiary/aromatic N) is 2. The molecule has 1 saturated heterocycles. The van der Waals surface area contributed by atoms with E-state index in [1.807, 2.05) is 0 Å². The number of aliphatic hydroxyl groups excluding tert-OH is 1. The molecule has 1 atom stereocenters. The first-order valence-corrected chi connectivity index (χ1v) is 8.19. The number of hydrogen-bond acceptors (Lipinski definition) is 5. The molecular formula is C12H21N3O4S. The second kappa shape index (κ2) is 6.21. The molecule has 0 aromatic carbocycles. The lowest BCUT2D eigenvalue weighted by Crippen LogP contribution is -2.35. The molecule has 8 heteroatoms. The smallest absolute Gasteiger partial charge is 0.244 e. The molecule has 1 aromatic heterocycles. The summed E-state index contributed by atoms with van der Waals surface area (Å²) in [7, 11) is -3.59. The van der Waals surface area contributed by atoms with Crippen LogP contribution in [-0.2, 0) is 21.3 Å². The highest BCUT2D eigenvalue weighted by molar-refractivity contribution is 7.89. The minimum Gasteiger partial charge on any atom is -0.396 e. The van der Waals surface area contributed by atoms with Crippen LogP contribution in [-0.4, -0.2) is 49.2 Å². The molecule has 1 aromatic rings. The van der Waals surface area contributed by atoms with Crippen LogP contribution in [0.3, 0.4) is 0 Å². The van der Waals surface area contributed by atoms with Crippen LogP contribution in [0.5, 0.6) is 0 Å². The van der Waals surface area contributed by atoms with E-state index in [1.165, 1.54) is 0 Å². The first-order valence-electron chi connectivity index (χ1n) is 6.70. The van der Waals surface area contributed by atoms with Crippen molar-refractivity contribution in [3.05, 3.63) is 11.4 Å². The number of aryl methyl sites for hydroxylation is 2. The van der Waals surface area contributed by atoms with Gasteiger partial charge in [0.1, 0.15) is 4.90 Å². The van der Waals surface area contributed by atoms with Gasteiger partial charge >= 0.3 is 0 Å². The summed E-state index contributed by atoms with van der Waals surface area (Å²) in [5, 5.41) is 13.1. The van der Waals surface area contributed by atoms with Crippen molar-refractivity contribution in [2.45, 2.75) is 44.2 Å². The third-order valence-corrected chi connectivity index (χ3v) is 5.14. The van der Waals surface area contributed by atoms with Crippen molar-refractivity contribution < 1.29 is 18.3 Å². The molecule has 0 bridgehead atoms. The third-order valence-electron chi connectivity index (χ3n) is 3.36. The minimum absolute atomic E-state index is 0.0537. The fourth-order valence-electron chi connectivity index (χ4n) is 2.41. The van der Waals surface area contributed by atoms with Gasteiger partial charge in [0.2, 0.25) is 10.0 Å². The first-order chi connectivity index (χ1) is 9.45. The molecule has 2 rings (SSSR count). The van der Waals surface area contributed by atoms with Crippen molar-refractivity contribution in [1.82, 2.24) is 14.5 Å². The van der Waals surface area contributed by atoms with Crippen LogP contribution >= 0.6 is 0 Å². The van der Waals surface area contributed by atoms with E-state index >= 15 is 0 Å². The van der Waals surface area contributed by atoms with Gasteiger partial charge in [-0.15, -0.1) is 0 Å². The number of aliphatic hydroxyl groups is 1. The number of sulfonamides is 1. The summed E-state index contributed by atoms with van der Waals surface area (Å²) in [6.07, 6.45) is 1.24. The molecule has 114 valence electrons. The van der Waals surface area contributed by atoms with Crippen molar-refractivity contribution in [2.24, 2.45) is 0 Å². The van der Waals surface area contributed by atoms with Crippen LogP contribution in [0, 0.1) is 13.8 Å². The normalized spacial score (nSPS) is 19.6. The van der Waals surface area contributed by atoms with Gasteiger partial charge in [0.05, 0.1) is 18.0 Å². The molecule has 0 amide bonds. The zero-order valence-electron chi connectivity index (χ0n) is 11.8. The molecule has 2 N–H and O–H groups in total. The van der Waals surface area contributed by atoms with Crippen molar-refractivity contribution in [3.63, 3.8) is 0 Å². The average molecular weight is 303 g/mol. The number of nitrogens with one attached hydrogen (secondary N) is 1. The lowest BCUT2D eigenvalue weighted by Gasteiger charge is -2.11. The molecule has 1 aliphatic rings. The number of ether oxygens (including phenoxy) is 1. The van der Waals surface area contributed by atoms with E-state index in [9.17, 15) is 8.42 Å². The van der Waals surface area contributed by atoms with E-state index in [-0.39, 0.29) is 17.5 Å². The van der Waals surface area contributed by atoms with Crippen LogP contribution in [0.15, 0.2) is 4.90 Å². The Morgan fingerprint density at radius 1 is 1.50 bits per heavy atom. The lowest BCUT2D eigenvalue weighted by molar-refractivity contribution is 0.192. The second-order valence-corrected chi connectivity index (χ2v) is 6.63. The Kier molecular flexibility index (Phi) is 4.79. The van der Waals surface area contributed by atoms with Crippen LogP contribution in [0.4, 0.5) is 0 Å². The van der Waals surface area contributed by atoms with Gasteiger partial charge in [0.25, 0.3) is 0 Å². The molecule has 1 aliphatic heterocycles. The Hall–Kier alpha value is -0.960. The molecule has 0 spiro atoms. The fourth-order valence-corrected chi connectivity index (χ4v) is 4.08. The lowest BCUT2D eigenvalue weighted by atomic mass is 10.3. The Bertz CT molecular complexity index is 562. The Balaban J connectivity index is 2.24. The van der Waals surface area contributed by atoms with Crippen LogP contribution in [0.1, 0.15) is 24.2 Å². The second-order valence-electron chi connectivity index (χ2n) is 4.98. The maximum atomic E-state index is 12.4. The average Bonchev–Trinajstić information content (AvgIpc) is 2.94. The van der Waals surface area contributed by atoms with Crippen LogP contribution in [0.2, 0.25) is 0 Å². The van der Waals surface area contributed by atoms with Gasteiger partial charge in [0.15, 0.2) is 0 Å². The molecule has 1 fully saturated rings. The maximum Gasteiger partial charge on any atom is 0.244 e. The summed E-state index contributed by atoms with van der Waals surface area (Å²) >= 11 is 0. The van der Waals surface area contributed by atoms with E-state index in [1.54, 1.807) is 18.5 Å². The predicted octanol–water partition coefficient (Wildman–Crippen LogP) is -0.0505. The molecule has 20 heavy (non-hydrogen) atoms. The summed E-state index contributed by atoms with van der Waals surface area (Å²) < 4.78 is 34.4. The zero-order valence-corrected chi connectivity index (χ0v) is 12.6. The SMILES string of the molecule is Cc1nn(CCCO)c(C)c1S(=O)(=O)NC1CCOC1. The van der Waals surface area contributed by atoms with Crippen molar-refractivity contribution in [3.8, 4) is 0 Å². The van der Waals surface area contributed by atoms with E-state index in [0.717, 1.165) is 0 Å². The van der Waals surface area contributed by atoms with Gasteiger partial charge in [-0.2, -0.15) is 5.10 Å². The van der Waals surface area contributed by atoms with E-state index in [2.05, 4.69) is 9.82 Å². The Morgan fingerprint density at radius 2 is 2.25 bits per heavy atom. The Labute approximate surface area is 119 Å². The summed E-state index contributed by atoms with van der Waals surface area (Å²) in [6.45, 7) is 4.97. The van der Waals surface area contributed by atoms with Gasteiger partial charge in [0, 0.05) is 25.8 Å². The topological polar surface area (TPSA) is 93.5 Å². The highest BCUT2D eigenvalue weighted by atomic mass is 32.2. The van der Waals surface area contributed by atoms with E-state index in [4.69, 9.17) is 9.84 Å². The fraction of sp³-hybridized carbons (Fsp3) is 0.750. The monoisotopic (exact) mass is 303 g/mol. The van der Waals surface area contributed by atoms with Crippen molar-refractivity contribution >= 4 is 10.0 Å². The van der Waals surface area contributed by atoms with Gasteiger partial charge in [-0.3, -0.25) is 4.68 Å². The van der Waals surface area contributed by atoms with E-state index < -0.39 is 10.0 Å². The maximum absolute atomic E-state index is 12.4. The quantitative estimate of drug-likeness (QED) is 0.768. The molecule has 0 saturated carbocycles. The third kappa shape index (κ3) is 3.20. The number of aromatic nitrogens is 2. The standard InChI is InChI=1S/C12H21N3O4S/c1-9-12(10(2)15(13-9)5-3-6-16)20(17,18)14-11-4-7-19-8-11/h11,14,16H,3-8H2,1-2H3.